The fourth-order valence-corrected chi connectivity index (χ4v) is 4.84. The first-order valence-electron chi connectivity index (χ1n) is 8.58. The monoisotopic (exact) mass is 306 g/mol. The van der Waals surface area contributed by atoms with E-state index in [2.05, 4.69) is 43.1 Å². The van der Waals surface area contributed by atoms with Crippen molar-refractivity contribution in [3.8, 4) is 0 Å². The number of likely N-dealkylation sites (tertiary alicyclic amines) is 1. The summed E-state index contributed by atoms with van der Waals surface area (Å²) in [4.78, 5) is 5.78. The highest BCUT2D eigenvalue weighted by Gasteiger charge is 2.35. The molecule has 2 aliphatic rings. The number of hydrogen-bond acceptors (Lipinski definition) is 3. The van der Waals surface area contributed by atoms with Gasteiger partial charge in [-0.25, -0.2) is 0 Å². The Hall–Kier alpha value is -0.380. The second-order valence-electron chi connectivity index (χ2n) is 7.84. The van der Waals surface area contributed by atoms with Gasteiger partial charge in [0.25, 0.3) is 0 Å². The predicted molar refractivity (Wildman–Crippen MR) is 91.7 cm³/mol. The molecule has 0 amide bonds. The van der Waals surface area contributed by atoms with E-state index >= 15 is 0 Å². The molecule has 3 rings (SSSR count). The van der Waals surface area contributed by atoms with Crippen molar-refractivity contribution in [2.75, 3.05) is 6.54 Å². The summed E-state index contributed by atoms with van der Waals surface area (Å²) in [7, 11) is 0. The van der Waals surface area contributed by atoms with Crippen LogP contribution in [0.2, 0.25) is 0 Å². The summed E-state index contributed by atoms with van der Waals surface area (Å²) in [6, 6.07) is 5.55. The van der Waals surface area contributed by atoms with Crippen molar-refractivity contribution in [2.24, 2.45) is 5.92 Å². The Kier molecular flexibility index (Phi) is 4.72. The topological polar surface area (TPSA) is 15.3 Å². The van der Waals surface area contributed by atoms with E-state index in [0.717, 1.165) is 18.5 Å². The van der Waals surface area contributed by atoms with Crippen LogP contribution in [-0.2, 0) is 13.1 Å². The highest BCUT2D eigenvalue weighted by atomic mass is 32.1. The predicted octanol–water partition coefficient (Wildman–Crippen LogP) is 4.40. The van der Waals surface area contributed by atoms with Crippen molar-refractivity contribution in [1.29, 1.82) is 0 Å². The number of rotatable bonds is 4. The largest absolute Gasteiger partial charge is 0.307 e. The number of thiophene rings is 1. The fraction of sp³-hybridized carbons (Fsp3) is 0.778. The van der Waals surface area contributed by atoms with Gasteiger partial charge in [-0.2, -0.15) is 0 Å². The molecule has 2 nitrogen and oxygen atoms in total. The second-order valence-corrected chi connectivity index (χ2v) is 9.10. The molecule has 1 aromatic heterocycles. The Labute approximate surface area is 133 Å². The molecule has 3 heteroatoms. The van der Waals surface area contributed by atoms with E-state index in [1.165, 1.54) is 50.1 Å². The maximum absolute atomic E-state index is 3.59. The maximum Gasteiger partial charge on any atom is 0.0331 e. The van der Waals surface area contributed by atoms with E-state index < -0.39 is 0 Å². The lowest BCUT2D eigenvalue weighted by Gasteiger charge is -2.31. The molecule has 1 aliphatic carbocycles. The number of nitrogens with one attached hydrogen (secondary N) is 1. The number of fused-ring (bicyclic) bond motifs is 1. The van der Waals surface area contributed by atoms with Crippen molar-refractivity contribution in [1.82, 2.24) is 10.2 Å². The Bertz CT molecular complexity index is 460. The van der Waals surface area contributed by atoms with Gasteiger partial charge in [0.05, 0.1) is 0 Å². The van der Waals surface area contributed by atoms with Gasteiger partial charge in [0, 0.05) is 34.4 Å². The summed E-state index contributed by atoms with van der Waals surface area (Å²) in [6.45, 7) is 10.2. The van der Waals surface area contributed by atoms with Gasteiger partial charge in [-0.3, -0.25) is 4.90 Å². The van der Waals surface area contributed by atoms with Crippen LogP contribution in [0.5, 0.6) is 0 Å². The van der Waals surface area contributed by atoms with Crippen molar-refractivity contribution >= 4 is 11.3 Å². The Morgan fingerprint density at radius 2 is 1.90 bits per heavy atom. The molecule has 1 saturated carbocycles. The molecule has 1 saturated heterocycles. The molecule has 1 aliphatic heterocycles. The van der Waals surface area contributed by atoms with Crippen LogP contribution in [-0.4, -0.2) is 23.0 Å². The molecule has 2 unspecified atom stereocenters. The van der Waals surface area contributed by atoms with E-state index in [1.807, 2.05) is 11.3 Å². The molecular formula is C18H30N2S. The van der Waals surface area contributed by atoms with Crippen LogP contribution in [0.25, 0.3) is 0 Å². The van der Waals surface area contributed by atoms with Gasteiger partial charge in [-0.15, -0.1) is 11.3 Å². The van der Waals surface area contributed by atoms with Crippen molar-refractivity contribution in [3.63, 3.8) is 0 Å². The van der Waals surface area contributed by atoms with Gasteiger partial charge >= 0.3 is 0 Å². The summed E-state index contributed by atoms with van der Waals surface area (Å²) in [5, 5.41) is 3.59. The van der Waals surface area contributed by atoms with Gasteiger partial charge in [0.1, 0.15) is 0 Å². The van der Waals surface area contributed by atoms with Crippen molar-refractivity contribution in [2.45, 2.75) is 77.5 Å². The lowest BCUT2D eigenvalue weighted by Crippen LogP contribution is -2.34. The normalized spacial score (nSPS) is 27.0. The summed E-state index contributed by atoms with van der Waals surface area (Å²) >= 11 is 2.00. The van der Waals surface area contributed by atoms with Crippen LogP contribution in [0.15, 0.2) is 12.1 Å². The molecular weight excluding hydrogens is 276 g/mol. The molecule has 2 heterocycles. The van der Waals surface area contributed by atoms with Crippen LogP contribution in [0.3, 0.4) is 0 Å². The third-order valence-corrected chi connectivity index (χ3v) is 6.06. The number of hydrogen-bond donors (Lipinski definition) is 1. The minimum atomic E-state index is 0.203. The minimum Gasteiger partial charge on any atom is -0.307 e. The standard InChI is InChI=1S/C18H30N2S/c1-18(2,3)19-12-15-8-9-16(21-15)13-20-11-10-14-6-4-5-7-17(14)20/h8-9,14,17,19H,4-7,10-13H2,1-3H3. The molecule has 1 N–H and O–H groups in total. The highest BCUT2D eigenvalue weighted by molar-refractivity contribution is 7.11. The maximum atomic E-state index is 3.59. The van der Waals surface area contributed by atoms with Crippen LogP contribution in [0, 0.1) is 5.92 Å². The van der Waals surface area contributed by atoms with E-state index in [0.29, 0.717) is 0 Å². The molecule has 0 bridgehead atoms. The zero-order valence-electron chi connectivity index (χ0n) is 13.8. The van der Waals surface area contributed by atoms with E-state index in [1.54, 1.807) is 4.88 Å². The van der Waals surface area contributed by atoms with Crippen LogP contribution in [0.4, 0.5) is 0 Å². The summed E-state index contributed by atoms with van der Waals surface area (Å²) in [6.07, 6.45) is 7.27. The van der Waals surface area contributed by atoms with Gasteiger partial charge in [0.2, 0.25) is 0 Å². The van der Waals surface area contributed by atoms with E-state index in [9.17, 15) is 0 Å². The molecule has 0 aromatic carbocycles. The van der Waals surface area contributed by atoms with E-state index in [4.69, 9.17) is 0 Å². The SMILES string of the molecule is CC(C)(C)NCc1ccc(CN2CCC3CCCCC32)s1. The smallest absolute Gasteiger partial charge is 0.0331 e. The Balaban J connectivity index is 1.55. The molecule has 0 spiro atoms. The minimum absolute atomic E-state index is 0.203. The molecule has 1 aromatic rings. The molecule has 21 heavy (non-hydrogen) atoms. The highest BCUT2D eigenvalue weighted by Crippen LogP contribution is 2.37. The van der Waals surface area contributed by atoms with Gasteiger partial charge in [-0.1, -0.05) is 12.8 Å². The average molecular weight is 307 g/mol. The fourth-order valence-electron chi connectivity index (χ4n) is 3.85. The summed E-state index contributed by atoms with van der Waals surface area (Å²) in [5.74, 6) is 1.00. The van der Waals surface area contributed by atoms with Crippen LogP contribution >= 0.6 is 11.3 Å². The lowest BCUT2D eigenvalue weighted by molar-refractivity contribution is 0.177. The first-order valence-corrected chi connectivity index (χ1v) is 9.39. The summed E-state index contributed by atoms with van der Waals surface area (Å²) < 4.78 is 0. The second kappa shape index (κ2) is 6.39. The third kappa shape index (κ3) is 4.08. The Morgan fingerprint density at radius 3 is 2.71 bits per heavy atom. The lowest BCUT2D eigenvalue weighted by atomic mass is 9.85. The van der Waals surface area contributed by atoms with Crippen LogP contribution < -0.4 is 5.32 Å². The molecule has 0 radical (unpaired) electrons. The third-order valence-electron chi connectivity index (χ3n) is 4.99. The van der Waals surface area contributed by atoms with Crippen molar-refractivity contribution < 1.29 is 0 Å². The molecule has 2 atom stereocenters. The van der Waals surface area contributed by atoms with Crippen LogP contribution in [0.1, 0.15) is 62.6 Å². The molecule has 118 valence electrons. The number of nitrogens with zero attached hydrogens (tertiary/aromatic N) is 1. The summed E-state index contributed by atoms with van der Waals surface area (Å²) in [5.41, 5.74) is 0.203. The first kappa shape index (κ1) is 15.5. The zero-order valence-corrected chi connectivity index (χ0v) is 14.6. The Morgan fingerprint density at radius 1 is 1.14 bits per heavy atom. The quantitative estimate of drug-likeness (QED) is 0.887. The first-order chi connectivity index (χ1) is 10.0. The van der Waals surface area contributed by atoms with Crippen molar-refractivity contribution in [3.05, 3.63) is 21.9 Å². The zero-order chi connectivity index (χ0) is 14.9. The van der Waals surface area contributed by atoms with Gasteiger partial charge in [-0.05, 0) is 64.6 Å². The van der Waals surface area contributed by atoms with Gasteiger partial charge < -0.3 is 5.32 Å². The van der Waals surface area contributed by atoms with E-state index in [-0.39, 0.29) is 5.54 Å². The molecule has 2 fully saturated rings. The van der Waals surface area contributed by atoms with Gasteiger partial charge in [0.15, 0.2) is 0 Å². The average Bonchev–Trinajstić information content (AvgIpc) is 3.04.